The lowest BCUT2D eigenvalue weighted by Crippen LogP contribution is -2.01. The number of benzene rings is 2. The standard InChI is InChI=1S/C14H12O2.CH4/c1-10-7-8-12(13(15)9-10)14(16)11-5-3-2-4-6-11;/h2-9,15H,1H3;1H4. The SMILES string of the molecule is C.Cc1ccc(C(=O)c2ccccc2)c(O)c1. The summed E-state index contributed by atoms with van der Waals surface area (Å²) in [6, 6.07) is 14.0. The predicted molar refractivity (Wildman–Crippen MR) is 69.4 cm³/mol. The van der Waals surface area contributed by atoms with Gasteiger partial charge in [-0.25, -0.2) is 0 Å². The molecule has 88 valence electrons. The topological polar surface area (TPSA) is 37.3 Å². The summed E-state index contributed by atoms with van der Waals surface area (Å²) < 4.78 is 0. The van der Waals surface area contributed by atoms with Crippen molar-refractivity contribution in [3.8, 4) is 5.75 Å². The Labute approximate surface area is 102 Å². The Morgan fingerprint density at radius 1 is 1.06 bits per heavy atom. The lowest BCUT2D eigenvalue weighted by Gasteiger charge is -2.04. The molecular weight excluding hydrogens is 212 g/mol. The Hall–Kier alpha value is -2.09. The van der Waals surface area contributed by atoms with Crippen molar-refractivity contribution >= 4 is 5.78 Å². The summed E-state index contributed by atoms with van der Waals surface area (Å²) in [6.07, 6.45) is 0. The minimum Gasteiger partial charge on any atom is -0.507 e. The fraction of sp³-hybridized carbons (Fsp3) is 0.133. The second kappa shape index (κ2) is 5.30. The number of hydrogen-bond acceptors (Lipinski definition) is 2. The van der Waals surface area contributed by atoms with Crippen molar-refractivity contribution in [3.63, 3.8) is 0 Å². The molecule has 0 bridgehead atoms. The maximum absolute atomic E-state index is 12.0. The molecule has 2 aromatic rings. The van der Waals surface area contributed by atoms with Crippen LogP contribution < -0.4 is 0 Å². The molecule has 0 aliphatic rings. The van der Waals surface area contributed by atoms with E-state index in [0.29, 0.717) is 11.1 Å². The highest BCUT2D eigenvalue weighted by Crippen LogP contribution is 2.21. The molecule has 0 spiro atoms. The van der Waals surface area contributed by atoms with Gasteiger partial charge in [-0.05, 0) is 24.6 Å². The monoisotopic (exact) mass is 228 g/mol. The molecule has 2 heteroatoms. The third-order valence-electron chi connectivity index (χ3n) is 2.43. The molecule has 0 heterocycles. The van der Waals surface area contributed by atoms with Gasteiger partial charge in [0.2, 0.25) is 0 Å². The Balaban J connectivity index is 0.00000144. The molecule has 17 heavy (non-hydrogen) atoms. The summed E-state index contributed by atoms with van der Waals surface area (Å²) in [5.41, 5.74) is 1.86. The highest BCUT2D eigenvalue weighted by molar-refractivity contribution is 6.10. The molecule has 1 N–H and O–H groups in total. The van der Waals surface area contributed by atoms with Gasteiger partial charge < -0.3 is 5.11 Å². The van der Waals surface area contributed by atoms with E-state index in [1.807, 2.05) is 19.1 Å². The smallest absolute Gasteiger partial charge is 0.196 e. The van der Waals surface area contributed by atoms with Gasteiger partial charge in [-0.1, -0.05) is 43.8 Å². The highest BCUT2D eigenvalue weighted by atomic mass is 16.3. The fourth-order valence-corrected chi connectivity index (χ4v) is 1.58. The Morgan fingerprint density at radius 3 is 2.29 bits per heavy atom. The molecular formula is C15H16O2. The predicted octanol–water partition coefficient (Wildman–Crippen LogP) is 3.57. The summed E-state index contributed by atoms with van der Waals surface area (Å²) >= 11 is 0. The zero-order valence-electron chi connectivity index (χ0n) is 8.97. The van der Waals surface area contributed by atoms with E-state index >= 15 is 0 Å². The van der Waals surface area contributed by atoms with Crippen LogP contribution in [0.5, 0.6) is 5.75 Å². The molecule has 0 atom stereocenters. The van der Waals surface area contributed by atoms with Crippen LogP contribution in [0.1, 0.15) is 28.9 Å². The van der Waals surface area contributed by atoms with Gasteiger partial charge >= 0.3 is 0 Å². The second-order valence-electron chi connectivity index (χ2n) is 3.72. The zero-order chi connectivity index (χ0) is 11.5. The molecule has 0 amide bonds. The van der Waals surface area contributed by atoms with Crippen LogP contribution in [0.2, 0.25) is 0 Å². The molecule has 0 aromatic heterocycles. The Kier molecular flexibility index (Phi) is 4.05. The average Bonchev–Trinajstić information content (AvgIpc) is 2.29. The van der Waals surface area contributed by atoms with E-state index in [0.717, 1.165) is 5.56 Å². The van der Waals surface area contributed by atoms with E-state index < -0.39 is 0 Å². The number of carbonyl (C=O) groups excluding carboxylic acids is 1. The normalized spacial score (nSPS) is 9.47. The lowest BCUT2D eigenvalue weighted by molar-refractivity contribution is 0.103. The first-order chi connectivity index (χ1) is 7.68. The van der Waals surface area contributed by atoms with Crippen LogP contribution in [-0.2, 0) is 0 Å². The molecule has 0 saturated heterocycles. The first-order valence-corrected chi connectivity index (χ1v) is 5.08. The molecule has 0 unspecified atom stereocenters. The second-order valence-corrected chi connectivity index (χ2v) is 3.72. The number of ketones is 1. The molecule has 0 saturated carbocycles. The van der Waals surface area contributed by atoms with Crippen molar-refractivity contribution in [1.82, 2.24) is 0 Å². The zero-order valence-corrected chi connectivity index (χ0v) is 8.97. The van der Waals surface area contributed by atoms with E-state index in [2.05, 4.69) is 0 Å². The van der Waals surface area contributed by atoms with E-state index in [4.69, 9.17) is 0 Å². The number of phenolic OH excluding ortho intramolecular Hbond substituents is 1. The summed E-state index contributed by atoms with van der Waals surface area (Å²) in [5.74, 6) is -0.119. The molecule has 0 fully saturated rings. The van der Waals surface area contributed by atoms with Gasteiger partial charge in [0.15, 0.2) is 5.78 Å². The quantitative estimate of drug-likeness (QED) is 0.798. The van der Waals surface area contributed by atoms with Crippen LogP contribution in [0.4, 0.5) is 0 Å². The molecule has 2 aromatic carbocycles. The summed E-state index contributed by atoms with van der Waals surface area (Å²) in [5, 5.41) is 9.70. The van der Waals surface area contributed by atoms with Crippen LogP contribution in [-0.4, -0.2) is 10.9 Å². The van der Waals surface area contributed by atoms with Crippen molar-refractivity contribution in [2.75, 3.05) is 0 Å². The van der Waals surface area contributed by atoms with Crippen molar-refractivity contribution in [2.24, 2.45) is 0 Å². The first-order valence-electron chi connectivity index (χ1n) is 5.08. The highest BCUT2D eigenvalue weighted by Gasteiger charge is 2.12. The minimum atomic E-state index is -0.155. The number of aromatic hydroxyl groups is 1. The maximum atomic E-state index is 12.0. The summed E-state index contributed by atoms with van der Waals surface area (Å²) in [4.78, 5) is 12.0. The average molecular weight is 228 g/mol. The van der Waals surface area contributed by atoms with Crippen molar-refractivity contribution in [1.29, 1.82) is 0 Å². The van der Waals surface area contributed by atoms with Gasteiger partial charge in [0.05, 0.1) is 5.56 Å². The van der Waals surface area contributed by atoms with Gasteiger partial charge in [0.25, 0.3) is 0 Å². The maximum Gasteiger partial charge on any atom is 0.196 e. The van der Waals surface area contributed by atoms with E-state index in [1.54, 1.807) is 36.4 Å². The molecule has 2 rings (SSSR count). The number of aryl methyl sites for hydroxylation is 1. The van der Waals surface area contributed by atoms with Crippen LogP contribution in [0.15, 0.2) is 48.5 Å². The number of hydrogen-bond donors (Lipinski definition) is 1. The largest absolute Gasteiger partial charge is 0.507 e. The number of phenols is 1. The summed E-state index contributed by atoms with van der Waals surface area (Å²) in [7, 11) is 0. The third-order valence-corrected chi connectivity index (χ3v) is 2.43. The van der Waals surface area contributed by atoms with E-state index in [-0.39, 0.29) is 19.0 Å². The molecule has 2 nitrogen and oxygen atoms in total. The lowest BCUT2D eigenvalue weighted by atomic mass is 10.0. The Morgan fingerprint density at radius 2 is 1.71 bits per heavy atom. The van der Waals surface area contributed by atoms with Gasteiger partial charge in [-0.15, -0.1) is 0 Å². The van der Waals surface area contributed by atoms with Gasteiger partial charge in [0.1, 0.15) is 5.75 Å². The van der Waals surface area contributed by atoms with Gasteiger partial charge in [-0.3, -0.25) is 4.79 Å². The van der Waals surface area contributed by atoms with Crippen molar-refractivity contribution in [2.45, 2.75) is 14.4 Å². The van der Waals surface area contributed by atoms with Gasteiger partial charge in [0, 0.05) is 5.56 Å². The number of rotatable bonds is 2. The van der Waals surface area contributed by atoms with E-state index in [9.17, 15) is 9.90 Å². The minimum absolute atomic E-state index is 0. The van der Waals surface area contributed by atoms with Crippen molar-refractivity contribution in [3.05, 3.63) is 65.2 Å². The molecule has 0 radical (unpaired) electrons. The van der Waals surface area contributed by atoms with Crippen molar-refractivity contribution < 1.29 is 9.90 Å². The van der Waals surface area contributed by atoms with Crippen LogP contribution in [0.3, 0.4) is 0 Å². The van der Waals surface area contributed by atoms with Gasteiger partial charge in [-0.2, -0.15) is 0 Å². The Bertz CT molecular complexity index is 516. The van der Waals surface area contributed by atoms with Crippen LogP contribution in [0.25, 0.3) is 0 Å². The third kappa shape index (κ3) is 2.72. The van der Waals surface area contributed by atoms with E-state index in [1.165, 1.54) is 0 Å². The summed E-state index contributed by atoms with van der Waals surface area (Å²) in [6.45, 7) is 1.87. The molecule has 0 aliphatic carbocycles. The van der Waals surface area contributed by atoms with Crippen LogP contribution >= 0.6 is 0 Å². The van der Waals surface area contributed by atoms with Crippen LogP contribution in [0, 0.1) is 6.92 Å². The molecule has 0 aliphatic heterocycles. The number of carbonyl (C=O) groups is 1. The first kappa shape index (κ1) is 13.0. The fourth-order valence-electron chi connectivity index (χ4n) is 1.58.